The van der Waals surface area contributed by atoms with Crippen LogP contribution in [0.5, 0.6) is 0 Å². The Balaban J connectivity index is 1.74. The number of amides is 2. The van der Waals surface area contributed by atoms with Crippen molar-refractivity contribution in [1.82, 2.24) is 9.80 Å². The lowest BCUT2D eigenvalue weighted by molar-refractivity contribution is -0.158. The van der Waals surface area contributed by atoms with Gasteiger partial charge in [-0.15, -0.1) is 6.58 Å². The highest BCUT2D eigenvalue weighted by atomic mass is 16.5. The molecule has 184 valence electrons. The van der Waals surface area contributed by atoms with Gasteiger partial charge in [-0.3, -0.25) is 14.4 Å². The average Bonchev–Trinajstić information content (AvgIpc) is 3.42. The molecule has 33 heavy (non-hydrogen) atoms. The van der Waals surface area contributed by atoms with E-state index < -0.39 is 35.0 Å². The van der Waals surface area contributed by atoms with E-state index in [1.165, 1.54) is 0 Å². The van der Waals surface area contributed by atoms with Crippen molar-refractivity contribution in [2.24, 2.45) is 11.8 Å². The van der Waals surface area contributed by atoms with Gasteiger partial charge in [0.05, 0.1) is 11.5 Å². The normalized spacial score (nSPS) is 35.6. The Morgan fingerprint density at radius 3 is 2.58 bits per heavy atom. The fourth-order valence-corrected chi connectivity index (χ4v) is 7.12. The lowest BCUT2D eigenvalue weighted by Crippen LogP contribution is -2.58. The van der Waals surface area contributed by atoms with E-state index in [1.54, 1.807) is 11.0 Å². The Morgan fingerprint density at radius 1 is 1.24 bits per heavy atom. The minimum atomic E-state index is -1.10. The summed E-state index contributed by atoms with van der Waals surface area (Å²) in [6.07, 6.45) is 9.52. The van der Waals surface area contributed by atoms with Gasteiger partial charge in [-0.05, 0) is 44.9 Å². The van der Waals surface area contributed by atoms with Gasteiger partial charge in [-0.25, -0.2) is 0 Å². The maximum Gasteiger partial charge on any atom is 0.310 e. The molecule has 2 N–H and O–H groups in total. The minimum absolute atomic E-state index is 0.00702. The fraction of sp³-hybridized carbons (Fsp3) is 0.800. The molecule has 1 aliphatic carbocycles. The summed E-state index contributed by atoms with van der Waals surface area (Å²) in [6.45, 7) is 6.49. The summed E-state index contributed by atoms with van der Waals surface area (Å²) in [5, 5.41) is 19.4. The summed E-state index contributed by atoms with van der Waals surface area (Å²) in [5.41, 5.74) is -1.99. The van der Waals surface area contributed by atoms with Crippen LogP contribution in [0.15, 0.2) is 12.7 Å². The van der Waals surface area contributed by atoms with Gasteiger partial charge in [-0.2, -0.15) is 0 Å². The van der Waals surface area contributed by atoms with E-state index in [0.29, 0.717) is 45.2 Å². The molecule has 5 atom stereocenters. The van der Waals surface area contributed by atoms with Gasteiger partial charge in [0.2, 0.25) is 11.8 Å². The van der Waals surface area contributed by atoms with E-state index in [0.717, 1.165) is 32.1 Å². The number of fused-ring (bicyclic) bond motifs is 1. The van der Waals surface area contributed by atoms with Crippen molar-refractivity contribution in [2.45, 2.75) is 94.4 Å². The lowest BCUT2D eigenvalue weighted by atomic mass is 9.65. The molecule has 0 aromatic rings. The first-order valence-corrected chi connectivity index (χ1v) is 12.6. The Bertz CT molecular complexity index is 796. The summed E-state index contributed by atoms with van der Waals surface area (Å²) >= 11 is 0. The molecule has 8 heteroatoms. The number of likely N-dealkylation sites (tertiary alicyclic amines) is 1. The molecule has 0 radical (unpaired) electrons. The molecule has 2 amide bonds. The number of aliphatic carboxylic acids is 1. The largest absolute Gasteiger partial charge is 0.481 e. The number of unbranched alkanes of at least 4 members (excludes halogenated alkanes) is 1. The topological polar surface area (TPSA) is 107 Å². The molecule has 4 aliphatic rings. The monoisotopic (exact) mass is 462 g/mol. The number of ether oxygens (including phenoxy) is 1. The van der Waals surface area contributed by atoms with Gasteiger partial charge in [0.25, 0.3) is 0 Å². The van der Waals surface area contributed by atoms with Crippen molar-refractivity contribution in [3.8, 4) is 0 Å². The van der Waals surface area contributed by atoms with Crippen molar-refractivity contribution in [3.05, 3.63) is 12.7 Å². The number of carbonyl (C=O) groups is 3. The third-order valence-corrected chi connectivity index (χ3v) is 8.61. The quantitative estimate of drug-likeness (QED) is 0.381. The molecular formula is C25H38N2O6. The first kappa shape index (κ1) is 24.2. The van der Waals surface area contributed by atoms with Crippen LogP contribution in [0, 0.1) is 11.8 Å². The molecular weight excluding hydrogens is 424 g/mol. The summed E-state index contributed by atoms with van der Waals surface area (Å²) in [5.74, 6) is -3.22. The molecule has 3 aliphatic heterocycles. The average molecular weight is 463 g/mol. The third-order valence-electron chi connectivity index (χ3n) is 8.61. The first-order valence-electron chi connectivity index (χ1n) is 12.6. The van der Waals surface area contributed by atoms with Crippen LogP contribution in [-0.4, -0.2) is 80.8 Å². The Morgan fingerprint density at radius 2 is 1.97 bits per heavy atom. The van der Waals surface area contributed by atoms with Crippen LogP contribution in [0.2, 0.25) is 0 Å². The molecule has 1 spiro atoms. The number of aliphatic hydroxyl groups is 1. The lowest BCUT2D eigenvalue weighted by Gasteiger charge is -2.40. The maximum absolute atomic E-state index is 14.2. The predicted octanol–water partition coefficient (Wildman–Crippen LogP) is 2.35. The van der Waals surface area contributed by atoms with Gasteiger partial charge < -0.3 is 24.7 Å². The van der Waals surface area contributed by atoms with Crippen LogP contribution in [-0.2, 0) is 19.1 Å². The Kier molecular flexibility index (Phi) is 6.87. The number of carbonyl (C=O) groups excluding carboxylic acids is 2. The van der Waals surface area contributed by atoms with E-state index >= 15 is 0 Å². The number of hydrogen-bond donors (Lipinski definition) is 2. The molecule has 0 aromatic heterocycles. The van der Waals surface area contributed by atoms with Gasteiger partial charge >= 0.3 is 5.97 Å². The molecule has 0 aromatic carbocycles. The fourth-order valence-electron chi connectivity index (χ4n) is 7.12. The highest BCUT2D eigenvalue weighted by Crippen LogP contribution is 2.64. The van der Waals surface area contributed by atoms with Crippen molar-refractivity contribution >= 4 is 17.8 Å². The van der Waals surface area contributed by atoms with Crippen LogP contribution >= 0.6 is 0 Å². The molecule has 4 fully saturated rings. The van der Waals surface area contributed by atoms with Crippen LogP contribution < -0.4 is 0 Å². The molecule has 1 saturated carbocycles. The highest BCUT2D eigenvalue weighted by molar-refractivity contribution is 5.98. The van der Waals surface area contributed by atoms with Gasteiger partial charge in [-0.1, -0.05) is 32.3 Å². The zero-order valence-corrected chi connectivity index (χ0v) is 19.7. The second-order valence-electron chi connectivity index (χ2n) is 10.2. The minimum Gasteiger partial charge on any atom is -0.481 e. The zero-order chi connectivity index (χ0) is 23.8. The number of carboxylic acids is 1. The molecule has 8 nitrogen and oxygen atoms in total. The number of aliphatic hydroxyl groups excluding tert-OH is 1. The smallest absolute Gasteiger partial charge is 0.310 e. The molecule has 4 rings (SSSR count). The second-order valence-corrected chi connectivity index (χ2v) is 10.2. The van der Waals surface area contributed by atoms with Crippen molar-refractivity contribution in [2.75, 3.05) is 19.7 Å². The van der Waals surface area contributed by atoms with Gasteiger partial charge in [0, 0.05) is 25.7 Å². The van der Waals surface area contributed by atoms with Crippen LogP contribution in [0.1, 0.15) is 71.1 Å². The Hall–Kier alpha value is -1.93. The SMILES string of the molecule is C=CCN(C(=O)C1N(CCCCO)C(=O)[C@@H]2[C@H](C(=O)O)[C@]3(CC)CCC12O3)C1CCCCC1. The van der Waals surface area contributed by atoms with E-state index in [9.17, 15) is 24.6 Å². The van der Waals surface area contributed by atoms with Crippen molar-refractivity contribution in [3.63, 3.8) is 0 Å². The summed E-state index contributed by atoms with van der Waals surface area (Å²) in [6, 6.07) is -0.726. The van der Waals surface area contributed by atoms with E-state index in [-0.39, 0.29) is 24.5 Å². The summed E-state index contributed by atoms with van der Waals surface area (Å²) in [7, 11) is 0. The maximum atomic E-state index is 14.2. The van der Waals surface area contributed by atoms with E-state index in [1.807, 2.05) is 11.8 Å². The van der Waals surface area contributed by atoms with E-state index in [2.05, 4.69) is 6.58 Å². The third kappa shape index (κ3) is 3.70. The highest BCUT2D eigenvalue weighted by Gasteiger charge is 2.79. The number of nitrogens with zero attached hydrogens (tertiary/aromatic N) is 2. The van der Waals surface area contributed by atoms with E-state index in [4.69, 9.17) is 4.74 Å². The Labute approximate surface area is 195 Å². The summed E-state index contributed by atoms with van der Waals surface area (Å²) in [4.78, 5) is 43.8. The zero-order valence-electron chi connectivity index (χ0n) is 19.7. The molecule has 2 unspecified atom stereocenters. The van der Waals surface area contributed by atoms with Gasteiger partial charge in [0.15, 0.2) is 0 Å². The van der Waals surface area contributed by atoms with Crippen molar-refractivity contribution < 1.29 is 29.3 Å². The molecule has 3 saturated heterocycles. The summed E-state index contributed by atoms with van der Waals surface area (Å²) < 4.78 is 6.58. The van der Waals surface area contributed by atoms with Gasteiger partial charge in [0.1, 0.15) is 17.6 Å². The number of rotatable bonds is 10. The predicted molar refractivity (Wildman–Crippen MR) is 121 cm³/mol. The number of carboxylic acid groups (broad SMARTS) is 1. The molecule has 3 heterocycles. The van der Waals surface area contributed by atoms with Crippen LogP contribution in [0.25, 0.3) is 0 Å². The second kappa shape index (κ2) is 9.37. The first-order chi connectivity index (χ1) is 15.9. The number of hydrogen-bond acceptors (Lipinski definition) is 5. The van der Waals surface area contributed by atoms with Crippen molar-refractivity contribution in [1.29, 1.82) is 0 Å². The standard InChI is InChI=1S/C25H38N2O6/c1-3-14-26(17-10-6-5-7-11-17)22(30)20-25-13-12-24(4-2,33-25)19(23(31)32)18(25)21(29)27(20)15-8-9-16-28/h3,17-20,28H,1,4-16H2,2H3,(H,31,32)/t18-,19+,20?,24-,25?/m0/s1. The van der Waals surface area contributed by atoms with Crippen LogP contribution in [0.4, 0.5) is 0 Å². The molecule has 2 bridgehead atoms. The van der Waals surface area contributed by atoms with Crippen LogP contribution in [0.3, 0.4) is 0 Å².